The Morgan fingerprint density at radius 3 is 2.72 bits per heavy atom. The van der Waals surface area contributed by atoms with E-state index < -0.39 is 18.4 Å². The number of amides is 3. The first kappa shape index (κ1) is 21.1. The third-order valence-corrected chi connectivity index (χ3v) is 4.82. The molecule has 2 aromatic heterocycles. The summed E-state index contributed by atoms with van der Waals surface area (Å²) in [5, 5.41) is 0. The van der Waals surface area contributed by atoms with E-state index in [4.69, 9.17) is 10.5 Å². The maximum Gasteiger partial charge on any atom is 0.336 e. The second-order valence-corrected chi connectivity index (χ2v) is 6.87. The molecular weight excluding hydrogens is 422 g/mol. The van der Waals surface area contributed by atoms with Gasteiger partial charge in [0, 0.05) is 24.0 Å². The molecule has 1 saturated heterocycles. The van der Waals surface area contributed by atoms with Gasteiger partial charge in [0.05, 0.1) is 17.6 Å². The van der Waals surface area contributed by atoms with Crippen LogP contribution in [-0.4, -0.2) is 33.4 Å². The van der Waals surface area contributed by atoms with Crippen LogP contribution in [0.5, 0.6) is 11.6 Å². The standard InChI is InChI=1S/C21H18F2N6O3/c1-2-12-8-15(32-17-5-6-26-20(24)27-17)3-4-16(12)29-18(30)11-28(21(29)31)14-7-13(19(22)23)9-25-10-14/h3-10,19H,2,11H2,1H3,(H2,24,26,27). The molecule has 164 valence electrons. The van der Waals surface area contributed by atoms with Crippen LogP contribution < -0.4 is 20.3 Å². The van der Waals surface area contributed by atoms with Gasteiger partial charge in [0.1, 0.15) is 12.3 Å². The number of pyridine rings is 1. The van der Waals surface area contributed by atoms with Gasteiger partial charge < -0.3 is 10.5 Å². The highest BCUT2D eigenvalue weighted by Gasteiger charge is 2.39. The molecule has 0 atom stereocenters. The van der Waals surface area contributed by atoms with Crippen molar-refractivity contribution in [1.82, 2.24) is 15.0 Å². The molecule has 0 aliphatic carbocycles. The summed E-state index contributed by atoms with van der Waals surface area (Å²) in [5.74, 6) is 0.268. The molecule has 2 N–H and O–H groups in total. The summed E-state index contributed by atoms with van der Waals surface area (Å²) < 4.78 is 31.7. The van der Waals surface area contributed by atoms with Crippen molar-refractivity contribution in [2.24, 2.45) is 0 Å². The van der Waals surface area contributed by atoms with E-state index in [1.54, 1.807) is 24.3 Å². The van der Waals surface area contributed by atoms with Gasteiger partial charge in [0.15, 0.2) is 0 Å². The van der Waals surface area contributed by atoms with Crippen molar-refractivity contribution >= 4 is 29.3 Å². The molecule has 0 saturated carbocycles. The van der Waals surface area contributed by atoms with Crippen LogP contribution in [0.3, 0.4) is 0 Å². The number of hydrogen-bond acceptors (Lipinski definition) is 7. The monoisotopic (exact) mass is 440 g/mol. The van der Waals surface area contributed by atoms with E-state index in [0.29, 0.717) is 23.4 Å². The fourth-order valence-electron chi connectivity index (χ4n) is 3.31. The van der Waals surface area contributed by atoms with Crippen LogP contribution in [0.15, 0.2) is 48.9 Å². The zero-order valence-electron chi connectivity index (χ0n) is 16.9. The van der Waals surface area contributed by atoms with Crippen LogP contribution in [0, 0.1) is 0 Å². The van der Waals surface area contributed by atoms with Crippen molar-refractivity contribution in [3.63, 3.8) is 0 Å². The summed E-state index contributed by atoms with van der Waals surface area (Å²) in [7, 11) is 0. The van der Waals surface area contributed by atoms with Gasteiger partial charge in [-0.3, -0.25) is 14.7 Å². The van der Waals surface area contributed by atoms with E-state index in [-0.39, 0.29) is 29.6 Å². The SMILES string of the molecule is CCc1cc(Oc2ccnc(N)n2)ccc1N1C(=O)CN(c2cncc(C(F)F)c2)C1=O. The first-order chi connectivity index (χ1) is 15.4. The van der Waals surface area contributed by atoms with Crippen LogP contribution in [0.1, 0.15) is 24.5 Å². The van der Waals surface area contributed by atoms with E-state index in [2.05, 4.69) is 15.0 Å². The number of aromatic nitrogens is 3. The number of imide groups is 1. The zero-order valence-corrected chi connectivity index (χ0v) is 16.9. The highest BCUT2D eigenvalue weighted by Crippen LogP contribution is 2.33. The largest absolute Gasteiger partial charge is 0.439 e. The number of nitrogens with two attached hydrogens (primary N) is 1. The Hall–Kier alpha value is -4.15. The van der Waals surface area contributed by atoms with Gasteiger partial charge in [-0.2, -0.15) is 4.98 Å². The first-order valence-electron chi connectivity index (χ1n) is 9.64. The summed E-state index contributed by atoms with van der Waals surface area (Å²) >= 11 is 0. The smallest absolute Gasteiger partial charge is 0.336 e. The Balaban J connectivity index is 1.62. The van der Waals surface area contributed by atoms with Crippen LogP contribution in [-0.2, 0) is 11.2 Å². The van der Waals surface area contributed by atoms with Crippen molar-refractivity contribution in [1.29, 1.82) is 0 Å². The van der Waals surface area contributed by atoms with Gasteiger partial charge in [-0.05, 0) is 36.2 Å². The van der Waals surface area contributed by atoms with Crippen LogP contribution in [0.25, 0.3) is 0 Å². The molecule has 32 heavy (non-hydrogen) atoms. The molecule has 1 fully saturated rings. The number of benzene rings is 1. The minimum absolute atomic E-state index is 0.0635. The normalized spacial score (nSPS) is 13.9. The highest BCUT2D eigenvalue weighted by molar-refractivity contribution is 6.27. The lowest BCUT2D eigenvalue weighted by atomic mass is 10.1. The van der Waals surface area contributed by atoms with E-state index in [9.17, 15) is 18.4 Å². The minimum atomic E-state index is -2.74. The molecular formula is C21H18F2N6O3. The summed E-state index contributed by atoms with van der Waals surface area (Å²) in [4.78, 5) is 39.4. The van der Waals surface area contributed by atoms with Crippen molar-refractivity contribution in [2.45, 2.75) is 19.8 Å². The second-order valence-electron chi connectivity index (χ2n) is 6.87. The maximum absolute atomic E-state index is 13.0. The molecule has 9 nitrogen and oxygen atoms in total. The summed E-state index contributed by atoms with van der Waals surface area (Å²) in [6.45, 7) is 1.58. The number of alkyl halides is 2. The molecule has 3 aromatic rings. The number of carbonyl (C=O) groups is 2. The van der Waals surface area contributed by atoms with E-state index >= 15 is 0 Å². The Labute approximate surface area is 181 Å². The van der Waals surface area contributed by atoms with E-state index in [1.165, 1.54) is 12.4 Å². The number of carbonyl (C=O) groups excluding carboxylic acids is 2. The quantitative estimate of drug-likeness (QED) is 0.581. The number of nitrogens with zero attached hydrogens (tertiary/aromatic N) is 5. The zero-order chi connectivity index (χ0) is 22.8. The Kier molecular flexibility index (Phi) is 5.63. The van der Waals surface area contributed by atoms with Gasteiger partial charge in [0.2, 0.25) is 11.8 Å². The van der Waals surface area contributed by atoms with Crippen molar-refractivity contribution in [3.8, 4) is 11.6 Å². The lowest BCUT2D eigenvalue weighted by Crippen LogP contribution is -2.33. The van der Waals surface area contributed by atoms with Crippen LogP contribution in [0.4, 0.5) is 30.9 Å². The number of rotatable bonds is 6. The number of ether oxygens (including phenoxy) is 1. The number of anilines is 3. The fraction of sp³-hybridized carbons (Fsp3) is 0.190. The third-order valence-electron chi connectivity index (χ3n) is 4.82. The van der Waals surface area contributed by atoms with Crippen molar-refractivity contribution < 1.29 is 23.1 Å². The number of urea groups is 1. The van der Waals surface area contributed by atoms with Gasteiger partial charge in [-0.25, -0.2) is 23.5 Å². The molecule has 3 heterocycles. The fourth-order valence-corrected chi connectivity index (χ4v) is 3.31. The van der Waals surface area contributed by atoms with Gasteiger partial charge in [-0.1, -0.05) is 6.92 Å². The van der Waals surface area contributed by atoms with Crippen LogP contribution >= 0.6 is 0 Å². The Morgan fingerprint density at radius 2 is 2.00 bits per heavy atom. The predicted octanol–water partition coefficient (Wildman–Crippen LogP) is 3.72. The highest BCUT2D eigenvalue weighted by atomic mass is 19.3. The average molecular weight is 440 g/mol. The molecule has 1 aliphatic heterocycles. The lowest BCUT2D eigenvalue weighted by Gasteiger charge is -2.20. The van der Waals surface area contributed by atoms with E-state index in [1.807, 2.05) is 6.92 Å². The molecule has 3 amide bonds. The van der Waals surface area contributed by atoms with Gasteiger partial charge in [0.25, 0.3) is 12.3 Å². The van der Waals surface area contributed by atoms with Gasteiger partial charge in [-0.15, -0.1) is 0 Å². The van der Waals surface area contributed by atoms with Crippen molar-refractivity contribution in [3.05, 3.63) is 60.0 Å². The van der Waals surface area contributed by atoms with Crippen molar-refractivity contribution in [2.75, 3.05) is 22.1 Å². The summed E-state index contributed by atoms with van der Waals surface area (Å²) in [5.41, 5.74) is 6.41. The molecule has 11 heteroatoms. The number of halogens is 2. The molecule has 1 aromatic carbocycles. The molecule has 0 unspecified atom stereocenters. The second kappa shape index (κ2) is 8.53. The summed E-state index contributed by atoms with van der Waals surface area (Å²) in [6, 6.07) is 6.92. The predicted molar refractivity (Wildman–Crippen MR) is 112 cm³/mol. The first-order valence-corrected chi connectivity index (χ1v) is 9.64. The van der Waals surface area contributed by atoms with Crippen LogP contribution in [0.2, 0.25) is 0 Å². The number of hydrogen-bond donors (Lipinski definition) is 1. The Bertz CT molecular complexity index is 1190. The van der Waals surface area contributed by atoms with Gasteiger partial charge >= 0.3 is 6.03 Å². The topological polar surface area (TPSA) is 115 Å². The average Bonchev–Trinajstić information content (AvgIpc) is 3.07. The minimum Gasteiger partial charge on any atom is -0.439 e. The molecule has 1 aliphatic rings. The number of nitrogen functional groups attached to an aromatic ring is 1. The lowest BCUT2D eigenvalue weighted by molar-refractivity contribution is -0.115. The Morgan fingerprint density at radius 1 is 1.19 bits per heavy atom. The molecule has 0 bridgehead atoms. The molecule has 0 radical (unpaired) electrons. The van der Waals surface area contributed by atoms with E-state index in [0.717, 1.165) is 22.1 Å². The third kappa shape index (κ3) is 4.04. The maximum atomic E-state index is 13.0. The summed E-state index contributed by atoms with van der Waals surface area (Å²) in [6.07, 6.45) is 1.51. The number of aryl methyl sites for hydroxylation is 1. The molecule has 4 rings (SSSR count). The molecule has 0 spiro atoms.